The highest BCUT2D eigenvalue weighted by molar-refractivity contribution is 5.79. The van der Waals surface area contributed by atoms with Gasteiger partial charge in [-0.1, -0.05) is 13.0 Å². The van der Waals surface area contributed by atoms with Crippen LogP contribution in [-0.4, -0.2) is 71.5 Å². The van der Waals surface area contributed by atoms with Gasteiger partial charge in [-0.15, -0.1) is 0 Å². The second kappa shape index (κ2) is 9.36. The molecule has 1 aromatic rings. The second-order valence-corrected chi connectivity index (χ2v) is 9.31. The van der Waals surface area contributed by atoms with Crippen LogP contribution in [0.2, 0.25) is 0 Å². The van der Waals surface area contributed by atoms with Gasteiger partial charge in [0.2, 0.25) is 5.91 Å². The number of piperidine rings is 2. The number of amides is 1. The third kappa shape index (κ3) is 4.63. The summed E-state index contributed by atoms with van der Waals surface area (Å²) < 4.78 is 0. The molecular weight excluding hydrogens is 376 g/mol. The number of likely N-dealkylation sites (tertiary alicyclic amines) is 3. The summed E-state index contributed by atoms with van der Waals surface area (Å²) in [5, 5.41) is 18.8. The molecule has 6 nitrogen and oxygen atoms in total. The van der Waals surface area contributed by atoms with E-state index in [1.165, 1.54) is 6.42 Å². The van der Waals surface area contributed by atoms with Gasteiger partial charge >= 0.3 is 0 Å². The van der Waals surface area contributed by atoms with Crippen molar-refractivity contribution in [2.24, 2.45) is 17.8 Å². The zero-order valence-electron chi connectivity index (χ0n) is 18.1. The first-order valence-corrected chi connectivity index (χ1v) is 11.5. The van der Waals surface area contributed by atoms with Crippen LogP contribution in [0.25, 0.3) is 0 Å². The van der Waals surface area contributed by atoms with Gasteiger partial charge in [0.25, 0.3) is 0 Å². The number of benzene rings is 1. The maximum Gasteiger partial charge on any atom is 0.225 e. The van der Waals surface area contributed by atoms with E-state index in [0.29, 0.717) is 23.3 Å². The number of hydrogen-bond donors (Lipinski definition) is 1. The zero-order valence-corrected chi connectivity index (χ0v) is 18.1. The number of phenols is 1. The first kappa shape index (κ1) is 21.1. The second-order valence-electron chi connectivity index (χ2n) is 9.31. The predicted octanol–water partition coefficient (Wildman–Crippen LogP) is 2.67. The van der Waals surface area contributed by atoms with Gasteiger partial charge in [-0.2, -0.15) is 5.26 Å². The van der Waals surface area contributed by atoms with Crippen LogP contribution in [-0.2, 0) is 11.3 Å². The quantitative estimate of drug-likeness (QED) is 0.808. The monoisotopic (exact) mass is 410 g/mol. The molecule has 1 N–H and O–H groups in total. The highest BCUT2D eigenvalue weighted by atomic mass is 16.3. The molecule has 0 bridgehead atoms. The Hall–Kier alpha value is -2.10. The molecule has 0 radical (unpaired) electrons. The number of aromatic hydroxyl groups is 1. The molecule has 3 heterocycles. The molecule has 0 saturated carbocycles. The highest BCUT2D eigenvalue weighted by Crippen LogP contribution is 2.33. The molecule has 3 saturated heterocycles. The molecular formula is C24H34N4O2. The van der Waals surface area contributed by atoms with E-state index in [1.807, 2.05) is 12.1 Å². The van der Waals surface area contributed by atoms with E-state index in [0.717, 1.165) is 77.2 Å². The number of nitrogens with zero attached hydrogens (tertiary/aromatic N) is 4. The van der Waals surface area contributed by atoms with Crippen LogP contribution < -0.4 is 0 Å². The molecule has 4 rings (SSSR count). The van der Waals surface area contributed by atoms with Gasteiger partial charge < -0.3 is 14.9 Å². The van der Waals surface area contributed by atoms with Crippen molar-refractivity contribution in [3.63, 3.8) is 0 Å². The molecule has 1 aromatic carbocycles. The van der Waals surface area contributed by atoms with E-state index in [9.17, 15) is 9.90 Å². The molecule has 0 aliphatic carbocycles. The Morgan fingerprint density at radius 1 is 1.10 bits per heavy atom. The molecule has 1 atom stereocenters. The van der Waals surface area contributed by atoms with Gasteiger partial charge in [0.15, 0.2) is 0 Å². The van der Waals surface area contributed by atoms with Crippen molar-refractivity contribution in [1.82, 2.24) is 14.7 Å². The Morgan fingerprint density at radius 3 is 2.57 bits per heavy atom. The molecule has 3 aliphatic heterocycles. The van der Waals surface area contributed by atoms with Gasteiger partial charge in [0.05, 0.1) is 5.56 Å². The molecule has 0 aromatic heterocycles. The van der Waals surface area contributed by atoms with Gasteiger partial charge in [0, 0.05) is 38.6 Å². The van der Waals surface area contributed by atoms with E-state index in [4.69, 9.17) is 5.26 Å². The van der Waals surface area contributed by atoms with Crippen molar-refractivity contribution in [1.29, 1.82) is 5.26 Å². The average molecular weight is 411 g/mol. The van der Waals surface area contributed by atoms with Crippen LogP contribution in [0.1, 0.15) is 43.7 Å². The number of rotatable bonds is 5. The number of carbonyl (C=O) groups excluding carboxylic acids is 1. The summed E-state index contributed by atoms with van der Waals surface area (Å²) in [6, 6.07) is 7.34. The van der Waals surface area contributed by atoms with Crippen LogP contribution in [0, 0.1) is 29.1 Å². The maximum atomic E-state index is 13.1. The molecule has 1 amide bonds. The minimum atomic E-state index is 0.0510. The van der Waals surface area contributed by atoms with Gasteiger partial charge in [-0.3, -0.25) is 9.69 Å². The first-order chi connectivity index (χ1) is 14.6. The van der Waals surface area contributed by atoms with E-state index >= 15 is 0 Å². The summed E-state index contributed by atoms with van der Waals surface area (Å²) in [6.07, 6.45) is 4.39. The Balaban J connectivity index is 1.25. The van der Waals surface area contributed by atoms with Crippen LogP contribution >= 0.6 is 0 Å². The smallest absolute Gasteiger partial charge is 0.225 e. The summed E-state index contributed by atoms with van der Waals surface area (Å²) in [4.78, 5) is 20.1. The molecule has 1 unspecified atom stereocenters. The van der Waals surface area contributed by atoms with E-state index in [2.05, 4.69) is 21.6 Å². The Labute approximate surface area is 180 Å². The number of carbonyl (C=O) groups is 1. The fourth-order valence-corrected chi connectivity index (χ4v) is 5.42. The largest absolute Gasteiger partial charge is 0.507 e. The Kier molecular flexibility index (Phi) is 6.60. The van der Waals surface area contributed by atoms with Crippen LogP contribution in [0.15, 0.2) is 18.2 Å². The van der Waals surface area contributed by atoms with E-state index in [1.54, 1.807) is 12.1 Å². The molecule has 3 aliphatic rings. The minimum Gasteiger partial charge on any atom is -0.507 e. The van der Waals surface area contributed by atoms with Crippen LogP contribution in [0.5, 0.6) is 5.75 Å². The Morgan fingerprint density at radius 2 is 1.87 bits per heavy atom. The lowest BCUT2D eigenvalue weighted by Gasteiger charge is -2.47. The van der Waals surface area contributed by atoms with Crippen LogP contribution in [0.4, 0.5) is 0 Å². The molecule has 3 fully saturated rings. The molecule has 6 heteroatoms. The molecule has 0 spiro atoms. The van der Waals surface area contributed by atoms with Crippen molar-refractivity contribution in [2.45, 2.75) is 39.2 Å². The predicted molar refractivity (Wildman–Crippen MR) is 116 cm³/mol. The first-order valence-electron chi connectivity index (χ1n) is 11.5. The van der Waals surface area contributed by atoms with E-state index in [-0.39, 0.29) is 11.7 Å². The number of nitriles is 1. The summed E-state index contributed by atoms with van der Waals surface area (Å²) in [7, 11) is 0. The lowest BCUT2D eigenvalue weighted by molar-refractivity contribution is -0.140. The molecule has 162 valence electrons. The Bertz CT molecular complexity index is 791. The van der Waals surface area contributed by atoms with Crippen molar-refractivity contribution < 1.29 is 9.90 Å². The van der Waals surface area contributed by atoms with Gasteiger partial charge in [0.1, 0.15) is 11.8 Å². The number of phenolic OH excluding ortho intramolecular Hbond substituents is 1. The maximum absolute atomic E-state index is 13.1. The van der Waals surface area contributed by atoms with Gasteiger partial charge in [-0.05, 0) is 74.8 Å². The normalized spacial score (nSPS) is 24.4. The average Bonchev–Trinajstić information content (AvgIpc) is 2.76. The number of hydrogen-bond acceptors (Lipinski definition) is 5. The topological polar surface area (TPSA) is 70.8 Å². The van der Waals surface area contributed by atoms with Crippen molar-refractivity contribution in [3.8, 4) is 11.8 Å². The summed E-state index contributed by atoms with van der Waals surface area (Å²) in [6.45, 7) is 10.2. The summed E-state index contributed by atoms with van der Waals surface area (Å²) in [5.74, 6) is 1.96. The lowest BCUT2D eigenvalue weighted by atomic mass is 9.80. The summed E-state index contributed by atoms with van der Waals surface area (Å²) >= 11 is 0. The fraction of sp³-hybridized carbons (Fsp3) is 0.667. The van der Waals surface area contributed by atoms with Crippen molar-refractivity contribution in [2.75, 3.05) is 45.8 Å². The minimum absolute atomic E-state index is 0.0510. The summed E-state index contributed by atoms with van der Waals surface area (Å²) in [5.41, 5.74) is 1.41. The molecule has 30 heavy (non-hydrogen) atoms. The van der Waals surface area contributed by atoms with E-state index < -0.39 is 0 Å². The van der Waals surface area contributed by atoms with Gasteiger partial charge in [-0.25, -0.2) is 0 Å². The standard InChI is InChI=1S/C24H34N4O2/c1-2-26-10-7-19(8-11-26)24(30)28-9-3-4-20(17-28)22-15-27(16-22)14-18-5-6-23(29)21(12-18)13-25/h5-6,12,19-20,22,29H,2-4,7-11,14-17H2,1H3. The zero-order chi connectivity index (χ0) is 21.1. The van der Waals surface area contributed by atoms with Crippen LogP contribution in [0.3, 0.4) is 0 Å². The van der Waals surface area contributed by atoms with Crippen molar-refractivity contribution in [3.05, 3.63) is 29.3 Å². The third-order valence-corrected chi connectivity index (χ3v) is 7.39. The lowest BCUT2D eigenvalue weighted by Crippen LogP contribution is -2.54. The highest BCUT2D eigenvalue weighted by Gasteiger charge is 2.38. The third-order valence-electron chi connectivity index (χ3n) is 7.39. The van der Waals surface area contributed by atoms with Crippen molar-refractivity contribution >= 4 is 5.91 Å². The fourth-order valence-electron chi connectivity index (χ4n) is 5.42. The SMILES string of the molecule is CCN1CCC(C(=O)N2CCCC(C3CN(Cc4ccc(O)c(C#N)c4)C3)C2)CC1.